The lowest BCUT2D eigenvalue weighted by atomic mass is 9.92. The number of hydrogen-bond acceptors (Lipinski definition) is 4. The zero-order valence-electron chi connectivity index (χ0n) is 20.8. The molecule has 0 radical (unpaired) electrons. The summed E-state index contributed by atoms with van der Waals surface area (Å²) < 4.78 is 5.57. The Kier molecular flexibility index (Phi) is 9.07. The van der Waals surface area contributed by atoms with Crippen molar-refractivity contribution in [3.05, 3.63) is 77.9 Å². The average molecular weight is 466 g/mol. The first-order valence-electron chi connectivity index (χ1n) is 12.1. The second-order valence-corrected chi connectivity index (χ2v) is 9.30. The van der Waals surface area contributed by atoms with Crippen molar-refractivity contribution < 1.29 is 4.74 Å². The molecule has 0 spiro atoms. The summed E-state index contributed by atoms with van der Waals surface area (Å²) in [6.07, 6.45) is 2.01. The molecule has 0 saturated carbocycles. The Labute approximate surface area is 205 Å². The molecule has 2 aromatic rings. The number of ether oxygens (including phenoxy) is 1. The van der Waals surface area contributed by atoms with Crippen LogP contribution in [0.1, 0.15) is 50.4 Å². The van der Waals surface area contributed by atoms with Crippen LogP contribution in [0.5, 0.6) is 5.75 Å². The fourth-order valence-corrected chi connectivity index (χ4v) is 5.29. The van der Waals surface area contributed by atoms with E-state index in [0.29, 0.717) is 12.1 Å². The minimum Gasteiger partial charge on any atom is -0.497 e. The van der Waals surface area contributed by atoms with Gasteiger partial charge in [-0.3, -0.25) is 9.80 Å². The van der Waals surface area contributed by atoms with Crippen LogP contribution in [-0.4, -0.2) is 71.6 Å². The molecule has 3 atom stereocenters. The summed E-state index contributed by atoms with van der Waals surface area (Å²) in [5.41, 5.74) is 3.65. The normalized spacial score (nSPS) is 20.3. The lowest BCUT2D eigenvalue weighted by molar-refractivity contribution is 0.0306. The Morgan fingerprint density at radius 3 is 2.39 bits per heavy atom. The zero-order valence-corrected chi connectivity index (χ0v) is 21.6. The number of benzene rings is 2. The molecule has 0 unspecified atom stereocenters. The van der Waals surface area contributed by atoms with Crippen LogP contribution in [-0.2, 0) is 0 Å². The third-order valence-electron chi connectivity index (χ3n) is 6.79. The second-order valence-electron chi connectivity index (χ2n) is 8.92. The van der Waals surface area contributed by atoms with E-state index in [1.807, 2.05) is 12.1 Å². The third kappa shape index (κ3) is 5.84. The fourth-order valence-electron chi connectivity index (χ4n) is 4.89. The molecule has 178 valence electrons. The SMILES string of the molecule is C=CCN1C[C@H](C)N([C@@H](c2ccc(C(=S)N(CC)CC)cc2)c2cccc(OC)c2)C[C@H]1C. The van der Waals surface area contributed by atoms with Crippen LogP contribution in [0, 0.1) is 0 Å². The number of methoxy groups -OCH3 is 1. The number of rotatable bonds is 9. The molecular weight excluding hydrogens is 426 g/mol. The maximum absolute atomic E-state index is 5.76. The van der Waals surface area contributed by atoms with Gasteiger partial charge in [-0.05, 0) is 51.0 Å². The van der Waals surface area contributed by atoms with E-state index in [-0.39, 0.29) is 6.04 Å². The van der Waals surface area contributed by atoms with Gasteiger partial charge in [-0.15, -0.1) is 6.58 Å². The van der Waals surface area contributed by atoms with Gasteiger partial charge < -0.3 is 9.64 Å². The number of hydrogen-bond donors (Lipinski definition) is 0. The molecule has 1 heterocycles. The minimum atomic E-state index is 0.152. The topological polar surface area (TPSA) is 19.0 Å². The van der Waals surface area contributed by atoms with Gasteiger partial charge >= 0.3 is 0 Å². The monoisotopic (exact) mass is 465 g/mol. The Hall–Kier alpha value is -2.21. The summed E-state index contributed by atoms with van der Waals surface area (Å²) in [5, 5.41) is 0. The van der Waals surface area contributed by atoms with Crippen molar-refractivity contribution in [2.45, 2.75) is 45.8 Å². The van der Waals surface area contributed by atoms with Crippen LogP contribution >= 0.6 is 12.2 Å². The highest BCUT2D eigenvalue weighted by Gasteiger charge is 2.34. The van der Waals surface area contributed by atoms with Gasteiger partial charge in [0.05, 0.1) is 13.2 Å². The van der Waals surface area contributed by atoms with Crippen molar-refractivity contribution in [3.63, 3.8) is 0 Å². The number of thiocarbonyl (C=S) groups is 1. The average Bonchev–Trinajstić information content (AvgIpc) is 2.83. The molecule has 1 saturated heterocycles. The van der Waals surface area contributed by atoms with Crippen molar-refractivity contribution in [1.29, 1.82) is 0 Å². The van der Waals surface area contributed by atoms with Crippen molar-refractivity contribution in [1.82, 2.24) is 14.7 Å². The standard InChI is InChI=1S/C28H39N3OS/c1-7-17-30-19-22(5)31(20-21(30)4)27(25-11-10-12-26(18-25)32-6)23-13-15-24(16-14-23)28(33)29(8-2)9-3/h7,10-16,18,21-22,27H,1,8-9,17,19-20H2,2-6H3/t21-,22+,27+/m1/s1. The Morgan fingerprint density at radius 1 is 1.09 bits per heavy atom. The quantitative estimate of drug-likeness (QED) is 0.364. The van der Waals surface area contributed by atoms with Gasteiger partial charge in [0, 0.05) is 50.4 Å². The van der Waals surface area contributed by atoms with E-state index in [1.165, 1.54) is 11.1 Å². The largest absolute Gasteiger partial charge is 0.497 e. The minimum absolute atomic E-state index is 0.152. The van der Waals surface area contributed by atoms with Crippen LogP contribution in [0.4, 0.5) is 0 Å². The van der Waals surface area contributed by atoms with Crippen molar-refractivity contribution in [2.24, 2.45) is 0 Å². The van der Waals surface area contributed by atoms with E-state index in [9.17, 15) is 0 Å². The first-order chi connectivity index (χ1) is 15.9. The molecule has 4 nitrogen and oxygen atoms in total. The summed E-state index contributed by atoms with van der Waals surface area (Å²) >= 11 is 5.76. The van der Waals surface area contributed by atoms with Gasteiger partial charge in [0.1, 0.15) is 10.7 Å². The van der Waals surface area contributed by atoms with E-state index in [0.717, 1.165) is 49.0 Å². The van der Waals surface area contributed by atoms with Crippen LogP contribution in [0.2, 0.25) is 0 Å². The summed E-state index contributed by atoms with van der Waals surface area (Å²) in [5.74, 6) is 0.892. The van der Waals surface area contributed by atoms with E-state index < -0.39 is 0 Å². The predicted molar refractivity (Wildman–Crippen MR) is 143 cm³/mol. The molecule has 0 aliphatic carbocycles. The predicted octanol–water partition coefficient (Wildman–Crippen LogP) is 5.38. The maximum atomic E-state index is 5.76. The molecular formula is C28H39N3OS. The van der Waals surface area contributed by atoms with E-state index in [4.69, 9.17) is 17.0 Å². The number of piperazine rings is 1. The van der Waals surface area contributed by atoms with Gasteiger partial charge in [-0.1, -0.05) is 54.7 Å². The smallest absolute Gasteiger partial charge is 0.119 e. The lowest BCUT2D eigenvalue weighted by Crippen LogP contribution is -2.57. The molecule has 33 heavy (non-hydrogen) atoms. The molecule has 2 aromatic carbocycles. The first-order valence-corrected chi connectivity index (χ1v) is 12.5. The van der Waals surface area contributed by atoms with E-state index >= 15 is 0 Å². The second kappa shape index (κ2) is 11.8. The molecule has 0 amide bonds. The maximum Gasteiger partial charge on any atom is 0.119 e. The molecule has 0 N–H and O–H groups in total. The van der Waals surface area contributed by atoms with Crippen LogP contribution in [0.3, 0.4) is 0 Å². The summed E-state index contributed by atoms with van der Waals surface area (Å²) in [6.45, 7) is 17.7. The third-order valence-corrected chi connectivity index (χ3v) is 7.29. The van der Waals surface area contributed by atoms with Gasteiger partial charge in [0.25, 0.3) is 0 Å². The molecule has 0 bridgehead atoms. The van der Waals surface area contributed by atoms with E-state index in [1.54, 1.807) is 7.11 Å². The zero-order chi connectivity index (χ0) is 24.0. The summed E-state index contributed by atoms with van der Waals surface area (Å²) in [4.78, 5) is 8.30. The van der Waals surface area contributed by atoms with Gasteiger partial charge in [-0.25, -0.2) is 0 Å². The van der Waals surface area contributed by atoms with Crippen LogP contribution in [0.25, 0.3) is 0 Å². The Balaban J connectivity index is 1.98. The Bertz CT molecular complexity index is 925. The highest BCUT2D eigenvalue weighted by Crippen LogP contribution is 2.35. The molecule has 5 heteroatoms. The summed E-state index contributed by atoms with van der Waals surface area (Å²) in [7, 11) is 1.73. The fraction of sp³-hybridized carbons (Fsp3) is 0.464. The lowest BCUT2D eigenvalue weighted by Gasteiger charge is -2.47. The summed E-state index contributed by atoms with van der Waals surface area (Å²) in [6, 6.07) is 18.4. The highest BCUT2D eigenvalue weighted by atomic mass is 32.1. The van der Waals surface area contributed by atoms with E-state index in [2.05, 4.69) is 91.4 Å². The molecule has 0 aromatic heterocycles. The van der Waals surface area contributed by atoms with Crippen LogP contribution in [0.15, 0.2) is 61.2 Å². The molecule has 3 rings (SSSR count). The Morgan fingerprint density at radius 2 is 1.79 bits per heavy atom. The van der Waals surface area contributed by atoms with Crippen molar-refractivity contribution >= 4 is 17.2 Å². The van der Waals surface area contributed by atoms with Crippen LogP contribution < -0.4 is 4.74 Å². The first kappa shape index (κ1) is 25.4. The van der Waals surface area contributed by atoms with Gasteiger partial charge in [0.15, 0.2) is 0 Å². The highest BCUT2D eigenvalue weighted by molar-refractivity contribution is 7.80. The number of nitrogens with zero attached hydrogens (tertiary/aromatic N) is 3. The van der Waals surface area contributed by atoms with Crippen molar-refractivity contribution in [2.75, 3.05) is 39.8 Å². The van der Waals surface area contributed by atoms with Gasteiger partial charge in [-0.2, -0.15) is 0 Å². The van der Waals surface area contributed by atoms with Gasteiger partial charge in [0.2, 0.25) is 0 Å². The molecule has 1 fully saturated rings. The molecule has 1 aliphatic heterocycles. The van der Waals surface area contributed by atoms with Crippen molar-refractivity contribution in [3.8, 4) is 5.75 Å². The molecule has 1 aliphatic rings.